The van der Waals surface area contributed by atoms with Gasteiger partial charge in [-0.15, -0.1) is 0 Å². The van der Waals surface area contributed by atoms with E-state index in [9.17, 15) is 4.79 Å². The lowest BCUT2D eigenvalue weighted by Gasteiger charge is -2.38. The molecule has 1 saturated heterocycles. The van der Waals surface area contributed by atoms with E-state index in [0.717, 1.165) is 5.52 Å². The zero-order chi connectivity index (χ0) is 17.9. The molecule has 0 saturated carbocycles. The van der Waals surface area contributed by atoms with Crippen molar-refractivity contribution in [3.63, 3.8) is 0 Å². The maximum atomic E-state index is 12.2. The summed E-state index contributed by atoms with van der Waals surface area (Å²) in [5.74, 6) is 0.568. The second-order valence-electron chi connectivity index (χ2n) is 5.74. The lowest BCUT2D eigenvalue weighted by Crippen LogP contribution is -2.56. The summed E-state index contributed by atoms with van der Waals surface area (Å²) in [5, 5.41) is 9.53. The summed E-state index contributed by atoms with van der Waals surface area (Å²) in [6, 6.07) is 12.9. The van der Waals surface area contributed by atoms with Crippen molar-refractivity contribution in [1.29, 1.82) is 5.26 Å². The van der Waals surface area contributed by atoms with Gasteiger partial charge < -0.3 is 14.1 Å². The third-order valence-corrected chi connectivity index (χ3v) is 4.78. The normalized spacial score (nSPS) is 14.0. The predicted molar refractivity (Wildman–Crippen MR) is 94.7 cm³/mol. The molecule has 1 fully saturated rings. The molecule has 0 bridgehead atoms. The van der Waals surface area contributed by atoms with Crippen molar-refractivity contribution in [2.24, 2.45) is 0 Å². The van der Waals surface area contributed by atoms with Crippen molar-refractivity contribution < 1.29 is 13.9 Å². The molecule has 0 spiro atoms. The highest BCUT2D eigenvalue weighted by Gasteiger charge is 2.33. The lowest BCUT2D eigenvalue weighted by atomic mass is 10.1. The molecule has 1 aliphatic rings. The quantitative estimate of drug-likeness (QED) is 0.641. The van der Waals surface area contributed by atoms with Gasteiger partial charge in [0.1, 0.15) is 23.3 Å². The average molecular weight is 366 g/mol. The van der Waals surface area contributed by atoms with E-state index in [0.29, 0.717) is 35.3 Å². The Hall–Kier alpha value is -3.05. The highest BCUT2D eigenvalue weighted by Crippen LogP contribution is 2.25. The van der Waals surface area contributed by atoms with Crippen molar-refractivity contribution in [3.05, 3.63) is 48.2 Å². The van der Waals surface area contributed by atoms with Gasteiger partial charge >= 0.3 is 0 Å². The van der Waals surface area contributed by atoms with Crippen LogP contribution in [-0.4, -0.2) is 45.7 Å². The van der Waals surface area contributed by atoms with Crippen LogP contribution in [0.25, 0.3) is 11.1 Å². The van der Waals surface area contributed by atoms with Crippen LogP contribution in [0.3, 0.4) is 0 Å². The zero-order valence-electron chi connectivity index (χ0n) is 13.7. The number of hydrogen-bond acceptors (Lipinski definition) is 7. The van der Waals surface area contributed by atoms with E-state index in [1.54, 1.807) is 23.2 Å². The van der Waals surface area contributed by atoms with Gasteiger partial charge in [-0.1, -0.05) is 23.9 Å². The minimum absolute atomic E-state index is 0.00127. The Kier molecular flexibility index (Phi) is 4.46. The van der Waals surface area contributed by atoms with Crippen molar-refractivity contribution in [2.75, 3.05) is 18.8 Å². The number of nitrogens with zero attached hydrogens (tertiary/aromatic N) is 4. The van der Waals surface area contributed by atoms with Gasteiger partial charge in [-0.3, -0.25) is 4.79 Å². The number of rotatable bonds is 5. The van der Waals surface area contributed by atoms with E-state index in [-0.39, 0.29) is 17.8 Å². The summed E-state index contributed by atoms with van der Waals surface area (Å²) >= 11 is 1.28. The van der Waals surface area contributed by atoms with Gasteiger partial charge in [-0.05, 0) is 24.3 Å². The third-order valence-electron chi connectivity index (χ3n) is 3.96. The van der Waals surface area contributed by atoms with Crippen LogP contribution in [-0.2, 0) is 4.79 Å². The number of nitriles is 1. The fourth-order valence-electron chi connectivity index (χ4n) is 2.57. The molecule has 0 aliphatic carbocycles. The molecule has 3 heterocycles. The molecule has 7 nitrogen and oxygen atoms in total. The maximum absolute atomic E-state index is 12.2. The molecular weight excluding hydrogens is 352 g/mol. The first-order valence-corrected chi connectivity index (χ1v) is 8.99. The summed E-state index contributed by atoms with van der Waals surface area (Å²) in [6.07, 6.45) is 1.43. The summed E-state index contributed by atoms with van der Waals surface area (Å²) in [5.41, 5.74) is 1.89. The Labute approximate surface area is 153 Å². The van der Waals surface area contributed by atoms with Crippen LogP contribution in [0, 0.1) is 11.3 Å². The molecule has 0 atom stereocenters. The monoisotopic (exact) mass is 366 g/mol. The minimum atomic E-state index is -0.143. The highest BCUT2D eigenvalue weighted by atomic mass is 32.2. The molecular formula is C18H14N4O3S. The van der Waals surface area contributed by atoms with E-state index < -0.39 is 0 Å². The van der Waals surface area contributed by atoms with Gasteiger partial charge in [0.2, 0.25) is 11.8 Å². The SMILES string of the molecule is N#Cc1cccnc1OC1CN(C(=O)CSc2nc3ccccc3o2)C1. The van der Waals surface area contributed by atoms with Gasteiger partial charge in [0.05, 0.1) is 18.8 Å². The molecule has 0 N–H and O–H groups in total. The van der Waals surface area contributed by atoms with Crippen LogP contribution >= 0.6 is 11.8 Å². The second kappa shape index (κ2) is 7.06. The molecule has 3 aromatic rings. The van der Waals surface area contributed by atoms with Crippen LogP contribution in [0.15, 0.2) is 52.2 Å². The number of fused-ring (bicyclic) bond motifs is 1. The Morgan fingerprint density at radius 1 is 1.35 bits per heavy atom. The van der Waals surface area contributed by atoms with Crippen LogP contribution in [0.5, 0.6) is 5.88 Å². The predicted octanol–water partition coefficient (Wildman–Crippen LogP) is 2.48. The molecule has 0 radical (unpaired) electrons. The molecule has 130 valence electrons. The van der Waals surface area contributed by atoms with Crippen molar-refractivity contribution in [2.45, 2.75) is 11.3 Å². The Morgan fingerprint density at radius 3 is 3.00 bits per heavy atom. The number of carbonyl (C=O) groups excluding carboxylic acids is 1. The van der Waals surface area contributed by atoms with E-state index >= 15 is 0 Å². The maximum Gasteiger partial charge on any atom is 0.257 e. The molecule has 2 aromatic heterocycles. The van der Waals surface area contributed by atoms with Gasteiger partial charge in [0.15, 0.2) is 5.58 Å². The molecule has 1 aromatic carbocycles. The second-order valence-corrected chi connectivity index (χ2v) is 6.67. The van der Waals surface area contributed by atoms with E-state index in [1.165, 1.54) is 11.8 Å². The first-order chi connectivity index (χ1) is 12.7. The molecule has 8 heteroatoms. The minimum Gasteiger partial charge on any atom is -0.470 e. The van der Waals surface area contributed by atoms with Crippen molar-refractivity contribution in [1.82, 2.24) is 14.9 Å². The third kappa shape index (κ3) is 3.34. The summed E-state index contributed by atoms with van der Waals surface area (Å²) in [4.78, 5) is 22.4. The largest absolute Gasteiger partial charge is 0.470 e. The van der Waals surface area contributed by atoms with E-state index in [2.05, 4.69) is 9.97 Å². The number of hydrogen-bond donors (Lipinski definition) is 0. The van der Waals surface area contributed by atoms with Crippen molar-refractivity contribution >= 4 is 28.8 Å². The number of amides is 1. The number of benzene rings is 1. The average Bonchev–Trinajstić information content (AvgIpc) is 3.05. The molecule has 26 heavy (non-hydrogen) atoms. The number of carbonyl (C=O) groups is 1. The summed E-state index contributed by atoms with van der Waals surface area (Å²) in [6.45, 7) is 0.961. The van der Waals surface area contributed by atoms with E-state index in [1.807, 2.05) is 30.3 Å². The zero-order valence-corrected chi connectivity index (χ0v) is 14.5. The van der Waals surface area contributed by atoms with Crippen molar-refractivity contribution in [3.8, 4) is 11.9 Å². The summed E-state index contributed by atoms with van der Waals surface area (Å²) in [7, 11) is 0. The number of ether oxygens (including phenoxy) is 1. The molecule has 1 amide bonds. The Bertz CT molecular complexity index is 958. The topological polar surface area (TPSA) is 92.2 Å². The first-order valence-electron chi connectivity index (χ1n) is 8.01. The number of aromatic nitrogens is 2. The number of para-hydroxylation sites is 2. The number of thioether (sulfide) groups is 1. The van der Waals surface area contributed by atoms with Gasteiger partial charge in [0, 0.05) is 6.20 Å². The lowest BCUT2D eigenvalue weighted by molar-refractivity contribution is -0.137. The Morgan fingerprint density at radius 2 is 2.19 bits per heavy atom. The van der Waals surface area contributed by atoms with Crippen LogP contribution in [0.2, 0.25) is 0 Å². The molecule has 1 aliphatic heterocycles. The first kappa shape index (κ1) is 16.4. The van der Waals surface area contributed by atoms with Gasteiger partial charge in [-0.2, -0.15) is 5.26 Å². The highest BCUT2D eigenvalue weighted by molar-refractivity contribution is 7.99. The van der Waals surface area contributed by atoms with Crippen LogP contribution in [0.1, 0.15) is 5.56 Å². The number of pyridine rings is 1. The standard InChI is InChI=1S/C18H14N4O3S/c19-8-12-4-3-7-20-17(12)24-13-9-22(10-13)16(23)11-26-18-21-14-5-1-2-6-15(14)25-18/h1-7,13H,9-11H2. The molecule has 0 unspecified atom stereocenters. The number of oxazole rings is 1. The van der Waals surface area contributed by atoms with Gasteiger partial charge in [0.25, 0.3) is 5.22 Å². The van der Waals surface area contributed by atoms with Crippen LogP contribution < -0.4 is 4.74 Å². The Balaban J connectivity index is 1.27. The summed E-state index contributed by atoms with van der Waals surface area (Å²) < 4.78 is 11.3. The van der Waals surface area contributed by atoms with Crippen LogP contribution in [0.4, 0.5) is 0 Å². The fourth-order valence-corrected chi connectivity index (χ4v) is 3.31. The fraction of sp³-hybridized carbons (Fsp3) is 0.222. The van der Waals surface area contributed by atoms with Gasteiger partial charge in [-0.25, -0.2) is 9.97 Å². The molecule has 4 rings (SSSR count). The smallest absolute Gasteiger partial charge is 0.257 e. The van der Waals surface area contributed by atoms with E-state index in [4.69, 9.17) is 14.4 Å². The number of likely N-dealkylation sites (tertiary alicyclic amines) is 1.